The summed E-state index contributed by atoms with van der Waals surface area (Å²) < 4.78 is 5.33. The summed E-state index contributed by atoms with van der Waals surface area (Å²) >= 11 is 0. The number of nitrogens with two attached hydrogens (primary N) is 1. The quantitative estimate of drug-likeness (QED) is 0.820. The van der Waals surface area contributed by atoms with E-state index in [2.05, 4.69) is 10.3 Å². The van der Waals surface area contributed by atoms with Crippen LogP contribution in [0.3, 0.4) is 0 Å². The van der Waals surface area contributed by atoms with Crippen molar-refractivity contribution in [3.8, 4) is 0 Å². The van der Waals surface area contributed by atoms with E-state index in [1.165, 1.54) is 0 Å². The summed E-state index contributed by atoms with van der Waals surface area (Å²) in [6, 6.07) is 1.36. The van der Waals surface area contributed by atoms with E-state index in [1.54, 1.807) is 0 Å². The van der Waals surface area contributed by atoms with Crippen molar-refractivity contribution in [2.75, 3.05) is 18.5 Å². The molecule has 3 N–H and O–H groups in total. The normalized spacial score (nSPS) is 16.8. The second-order valence-corrected chi connectivity index (χ2v) is 4.32. The van der Waals surface area contributed by atoms with Crippen LogP contribution < -0.4 is 11.1 Å². The Morgan fingerprint density at radius 1 is 1.53 bits per heavy atom. The second kappa shape index (κ2) is 5.14. The topological polar surface area (TPSA) is 77.2 Å². The molecule has 1 aromatic heterocycles. The molecule has 0 unspecified atom stereocenters. The van der Waals surface area contributed by atoms with Crippen molar-refractivity contribution >= 4 is 11.7 Å². The Morgan fingerprint density at radius 2 is 2.24 bits per heavy atom. The number of nitrogens with one attached hydrogen (secondary N) is 1. The molecule has 0 aliphatic carbocycles. The molecule has 1 saturated heterocycles. The highest BCUT2D eigenvalue weighted by molar-refractivity contribution is 5.88. The zero-order chi connectivity index (χ0) is 12.3. The number of carbonyl (C=O) groups is 1. The van der Waals surface area contributed by atoms with Crippen LogP contribution in [0.15, 0.2) is 12.3 Å². The average Bonchev–Trinajstić information content (AvgIpc) is 2.29. The summed E-state index contributed by atoms with van der Waals surface area (Å²) in [6.45, 7) is 3.43. The smallest absolute Gasteiger partial charge is 0.316 e. The number of amides is 2. The second-order valence-electron chi connectivity index (χ2n) is 4.32. The molecular weight excluding hydrogens is 218 g/mol. The first kappa shape index (κ1) is 11.9. The fourth-order valence-corrected chi connectivity index (χ4v) is 2.11. The Balaban J connectivity index is 2.27. The van der Waals surface area contributed by atoms with Gasteiger partial charge in [-0.2, -0.15) is 0 Å². The van der Waals surface area contributed by atoms with E-state index in [0.29, 0.717) is 5.92 Å². The van der Waals surface area contributed by atoms with E-state index in [1.807, 2.05) is 19.2 Å². The third kappa shape index (κ3) is 2.94. The van der Waals surface area contributed by atoms with Crippen LogP contribution in [0.25, 0.3) is 0 Å². The van der Waals surface area contributed by atoms with E-state index in [4.69, 9.17) is 10.5 Å². The first-order valence-electron chi connectivity index (χ1n) is 5.77. The molecule has 0 radical (unpaired) electrons. The molecule has 1 fully saturated rings. The molecule has 0 bridgehead atoms. The average molecular weight is 235 g/mol. The van der Waals surface area contributed by atoms with Crippen molar-refractivity contribution in [2.24, 2.45) is 5.73 Å². The van der Waals surface area contributed by atoms with Crippen LogP contribution in [0.5, 0.6) is 0 Å². The molecule has 2 amide bonds. The number of urea groups is 1. The molecule has 5 nitrogen and oxygen atoms in total. The number of aryl methyl sites for hydroxylation is 1. The number of primary amides is 1. The zero-order valence-corrected chi connectivity index (χ0v) is 9.90. The lowest BCUT2D eigenvalue weighted by atomic mass is 9.94. The number of ether oxygens (including phenoxy) is 1. The van der Waals surface area contributed by atoms with Crippen molar-refractivity contribution in [2.45, 2.75) is 25.7 Å². The lowest BCUT2D eigenvalue weighted by Gasteiger charge is -2.23. The molecular formula is C12H17N3O2. The Bertz CT molecular complexity index is 414. The standard InChI is InChI=1S/C12H17N3O2/c1-8-6-10(15-12(13)16)11(14-7-8)9-2-4-17-5-3-9/h6-7,9H,2-5H2,1H3,(H3,13,15,16). The van der Waals surface area contributed by atoms with Crippen molar-refractivity contribution < 1.29 is 9.53 Å². The maximum atomic E-state index is 11.0. The van der Waals surface area contributed by atoms with Crippen LogP contribution in [-0.2, 0) is 4.74 Å². The first-order valence-corrected chi connectivity index (χ1v) is 5.77. The van der Waals surface area contributed by atoms with Crippen LogP contribution in [0.2, 0.25) is 0 Å². The van der Waals surface area contributed by atoms with Gasteiger partial charge >= 0.3 is 6.03 Å². The fraction of sp³-hybridized carbons (Fsp3) is 0.500. The summed E-state index contributed by atoms with van der Waals surface area (Å²) in [5.74, 6) is 0.339. The molecule has 1 aliphatic rings. The highest BCUT2D eigenvalue weighted by Gasteiger charge is 2.20. The van der Waals surface area contributed by atoms with E-state index in [-0.39, 0.29) is 0 Å². The minimum absolute atomic E-state index is 0.339. The highest BCUT2D eigenvalue weighted by Crippen LogP contribution is 2.30. The van der Waals surface area contributed by atoms with Gasteiger partial charge in [0.2, 0.25) is 0 Å². The molecule has 0 spiro atoms. The van der Waals surface area contributed by atoms with Crippen LogP contribution >= 0.6 is 0 Å². The summed E-state index contributed by atoms with van der Waals surface area (Å²) in [5, 5.41) is 2.65. The van der Waals surface area contributed by atoms with Gasteiger partial charge in [0.15, 0.2) is 0 Å². The van der Waals surface area contributed by atoms with Crippen molar-refractivity contribution in [1.82, 2.24) is 4.98 Å². The van der Waals surface area contributed by atoms with Crippen molar-refractivity contribution in [3.05, 3.63) is 23.5 Å². The molecule has 0 saturated carbocycles. The largest absolute Gasteiger partial charge is 0.381 e. The molecule has 1 aliphatic heterocycles. The maximum Gasteiger partial charge on any atom is 0.316 e. The number of hydrogen-bond acceptors (Lipinski definition) is 3. The van der Waals surface area contributed by atoms with E-state index < -0.39 is 6.03 Å². The molecule has 17 heavy (non-hydrogen) atoms. The van der Waals surface area contributed by atoms with Crippen LogP contribution in [0, 0.1) is 6.92 Å². The predicted molar refractivity (Wildman–Crippen MR) is 65.0 cm³/mol. The maximum absolute atomic E-state index is 11.0. The van der Waals surface area contributed by atoms with Gasteiger partial charge in [0.25, 0.3) is 0 Å². The Labute approximate surface area is 100 Å². The van der Waals surface area contributed by atoms with Crippen LogP contribution in [0.1, 0.15) is 30.0 Å². The van der Waals surface area contributed by atoms with Crippen molar-refractivity contribution in [3.63, 3.8) is 0 Å². The van der Waals surface area contributed by atoms with E-state index >= 15 is 0 Å². The van der Waals surface area contributed by atoms with Gasteiger partial charge in [-0.3, -0.25) is 4.98 Å². The molecule has 1 aromatic rings. The summed E-state index contributed by atoms with van der Waals surface area (Å²) in [5.41, 5.74) is 7.82. The molecule has 0 aromatic carbocycles. The van der Waals surface area contributed by atoms with Gasteiger partial charge in [-0.15, -0.1) is 0 Å². The Morgan fingerprint density at radius 3 is 2.88 bits per heavy atom. The number of hydrogen-bond donors (Lipinski definition) is 2. The zero-order valence-electron chi connectivity index (χ0n) is 9.90. The lowest BCUT2D eigenvalue weighted by Crippen LogP contribution is -2.23. The summed E-state index contributed by atoms with van der Waals surface area (Å²) in [7, 11) is 0. The van der Waals surface area contributed by atoms with Gasteiger partial charge in [-0.25, -0.2) is 4.79 Å². The number of carbonyl (C=O) groups excluding carboxylic acids is 1. The number of nitrogens with zero attached hydrogens (tertiary/aromatic N) is 1. The first-order chi connectivity index (χ1) is 8.16. The number of anilines is 1. The van der Waals surface area contributed by atoms with Gasteiger partial charge in [0, 0.05) is 25.3 Å². The summed E-state index contributed by atoms with van der Waals surface area (Å²) in [4.78, 5) is 15.4. The van der Waals surface area contributed by atoms with Gasteiger partial charge in [-0.1, -0.05) is 0 Å². The molecule has 5 heteroatoms. The highest BCUT2D eigenvalue weighted by atomic mass is 16.5. The predicted octanol–water partition coefficient (Wildman–Crippen LogP) is 1.77. The molecule has 0 atom stereocenters. The van der Waals surface area contributed by atoms with E-state index in [9.17, 15) is 4.79 Å². The SMILES string of the molecule is Cc1cnc(C2CCOCC2)c(NC(N)=O)c1. The van der Waals surface area contributed by atoms with Crippen LogP contribution in [0.4, 0.5) is 10.5 Å². The Kier molecular flexibility index (Phi) is 3.58. The number of pyridine rings is 1. The third-order valence-electron chi connectivity index (χ3n) is 2.92. The van der Waals surface area contributed by atoms with Gasteiger partial charge in [0.05, 0.1) is 11.4 Å². The number of rotatable bonds is 2. The molecule has 92 valence electrons. The monoisotopic (exact) mass is 235 g/mol. The van der Waals surface area contributed by atoms with Gasteiger partial charge < -0.3 is 15.8 Å². The lowest BCUT2D eigenvalue weighted by molar-refractivity contribution is 0.0846. The third-order valence-corrected chi connectivity index (χ3v) is 2.92. The fourth-order valence-electron chi connectivity index (χ4n) is 2.11. The van der Waals surface area contributed by atoms with Gasteiger partial charge in [-0.05, 0) is 31.4 Å². The Hall–Kier alpha value is -1.62. The number of aromatic nitrogens is 1. The van der Waals surface area contributed by atoms with E-state index in [0.717, 1.165) is 43.0 Å². The molecule has 2 heterocycles. The minimum Gasteiger partial charge on any atom is -0.381 e. The van der Waals surface area contributed by atoms with Crippen molar-refractivity contribution in [1.29, 1.82) is 0 Å². The molecule has 2 rings (SSSR count). The van der Waals surface area contributed by atoms with Crippen LogP contribution in [-0.4, -0.2) is 24.2 Å². The van der Waals surface area contributed by atoms with Gasteiger partial charge in [0.1, 0.15) is 0 Å². The summed E-state index contributed by atoms with van der Waals surface area (Å²) in [6.07, 6.45) is 3.68. The minimum atomic E-state index is -0.550.